The highest BCUT2D eigenvalue weighted by atomic mass is 32.1. The van der Waals surface area contributed by atoms with E-state index in [1.54, 1.807) is 4.90 Å². The molecule has 0 bridgehead atoms. The quantitative estimate of drug-likeness (QED) is 0.370. The van der Waals surface area contributed by atoms with Crippen LogP contribution in [0.1, 0.15) is 18.2 Å². The van der Waals surface area contributed by atoms with Crippen molar-refractivity contribution in [3.05, 3.63) is 65.4 Å². The van der Waals surface area contributed by atoms with Crippen LogP contribution in [0.3, 0.4) is 0 Å². The van der Waals surface area contributed by atoms with E-state index in [2.05, 4.69) is 4.98 Å². The number of benzene rings is 1. The maximum absolute atomic E-state index is 13.0. The summed E-state index contributed by atoms with van der Waals surface area (Å²) in [5, 5.41) is 1.95. The predicted octanol–water partition coefficient (Wildman–Crippen LogP) is 4.77. The monoisotopic (exact) mass is 515 g/mol. The van der Waals surface area contributed by atoms with Gasteiger partial charge in [-0.05, 0) is 43.3 Å². The predicted molar refractivity (Wildman–Crippen MR) is 131 cm³/mol. The highest BCUT2D eigenvalue weighted by Gasteiger charge is 2.31. The third-order valence-corrected chi connectivity index (χ3v) is 7.00. The fraction of sp³-hybridized carbons (Fsp3) is 0.320. The number of ether oxygens (including phenoxy) is 1. The minimum Gasteiger partial charge on any atom is -0.494 e. The van der Waals surface area contributed by atoms with E-state index in [-0.39, 0.29) is 12.3 Å². The molecule has 4 heterocycles. The van der Waals surface area contributed by atoms with Gasteiger partial charge in [0.1, 0.15) is 11.6 Å². The van der Waals surface area contributed by atoms with Gasteiger partial charge < -0.3 is 14.5 Å². The Morgan fingerprint density at radius 2 is 1.83 bits per heavy atom. The highest BCUT2D eigenvalue weighted by molar-refractivity contribution is 7.15. The average Bonchev–Trinajstić information content (AvgIpc) is 3.46. The molecule has 0 radical (unpaired) electrons. The third kappa shape index (κ3) is 5.01. The van der Waals surface area contributed by atoms with Gasteiger partial charge in [-0.25, -0.2) is 9.97 Å². The molecular weight excluding hydrogens is 491 g/mol. The van der Waals surface area contributed by atoms with Crippen molar-refractivity contribution in [1.82, 2.24) is 19.3 Å². The molecule has 0 aliphatic carbocycles. The van der Waals surface area contributed by atoms with E-state index in [0.717, 1.165) is 39.9 Å². The number of anilines is 1. The summed E-state index contributed by atoms with van der Waals surface area (Å²) in [4.78, 5) is 26.2. The molecule has 0 spiro atoms. The number of piperazine rings is 1. The summed E-state index contributed by atoms with van der Waals surface area (Å²) < 4.78 is 45.8. The number of nitrogens with zero attached hydrogens (tertiary/aromatic N) is 5. The van der Waals surface area contributed by atoms with Crippen LogP contribution in [0.15, 0.2) is 54.2 Å². The van der Waals surface area contributed by atoms with E-state index in [4.69, 9.17) is 9.72 Å². The molecule has 0 atom stereocenters. The first kappa shape index (κ1) is 24.1. The number of amides is 1. The van der Waals surface area contributed by atoms with E-state index in [1.165, 1.54) is 17.4 Å². The van der Waals surface area contributed by atoms with Crippen molar-refractivity contribution in [3.63, 3.8) is 0 Å². The van der Waals surface area contributed by atoms with Crippen LogP contribution in [0.25, 0.3) is 16.2 Å². The molecule has 0 N–H and O–H groups in total. The van der Waals surface area contributed by atoms with Crippen LogP contribution in [-0.4, -0.2) is 58.0 Å². The number of hydrogen-bond acceptors (Lipinski definition) is 6. The number of aromatic nitrogens is 3. The largest absolute Gasteiger partial charge is 0.494 e. The number of carbonyl (C=O) groups excluding carboxylic acids is 1. The third-order valence-electron chi connectivity index (χ3n) is 6.11. The number of fused-ring (bicyclic) bond motifs is 1. The second kappa shape index (κ2) is 9.81. The Balaban J connectivity index is 1.21. The molecule has 11 heteroatoms. The topological polar surface area (TPSA) is 63.0 Å². The SMILES string of the molecule is CCOc1ccc(-c2cn3c(CC(=O)N4CCN(c5ccc(C(F)(F)F)cn5)CC4)csc3n2)cc1. The standard InChI is InChI=1S/C25H24F3N5O2S/c1-2-35-20-6-3-17(4-7-20)21-15-33-19(16-36-24(33)30-21)13-23(34)32-11-9-31(10-12-32)22-8-5-18(14-29-22)25(26,27)28/h3-8,14-16H,2,9-13H2,1H3. The first-order chi connectivity index (χ1) is 17.3. The van der Waals surface area contributed by atoms with Crippen molar-refractivity contribution in [2.75, 3.05) is 37.7 Å². The maximum atomic E-state index is 13.0. The van der Waals surface area contributed by atoms with Crippen LogP contribution < -0.4 is 9.64 Å². The molecular formula is C25H24F3N5O2S. The van der Waals surface area contributed by atoms with Crippen molar-refractivity contribution >= 4 is 28.0 Å². The van der Waals surface area contributed by atoms with Gasteiger partial charge >= 0.3 is 6.18 Å². The molecule has 4 aromatic rings. The van der Waals surface area contributed by atoms with E-state index in [9.17, 15) is 18.0 Å². The number of carbonyl (C=O) groups is 1. The van der Waals surface area contributed by atoms with E-state index >= 15 is 0 Å². The second-order valence-corrected chi connectivity index (χ2v) is 9.25. The number of thiazole rings is 1. The van der Waals surface area contributed by atoms with Gasteiger partial charge in [0.15, 0.2) is 4.96 Å². The lowest BCUT2D eigenvalue weighted by Gasteiger charge is -2.35. The summed E-state index contributed by atoms with van der Waals surface area (Å²) in [6.07, 6.45) is -1.37. The molecule has 1 fully saturated rings. The molecule has 1 saturated heterocycles. The Morgan fingerprint density at radius 3 is 2.47 bits per heavy atom. The Morgan fingerprint density at radius 1 is 1.08 bits per heavy atom. The maximum Gasteiger partial charge on any atom is 0.417 e. The van der Waals surface area contributed by atoms with Crippen LogP contribution >= 0.6 is 11.3 Å². The molecule has 7 nitrogen and oxygen atoms in total. The molecule has 1 amide bonds. The summed E-state index contributed by atoms with van der Waals surface area (Å²) >= 11 is 1.49. The zero-order valence-corrected chi connectivity index (χ0v) is 20.3. The van der Waals surface area contributed by atoms with Gasteiger partial charge in [0, 0.05) is 55.2 Å². The number of hydrogen-bond donors (Lipinski definition) is 0. The van der Waals surface area contributed by atoms with E-state index in [1.807, 2.05) is 52.1 Å². The number of alkyl halides is 3. The van der Waals surface area contributed by atoms with Crippen LogP contribution in [0, 0.1) is 0 Å². The molecule has 1 aliphatic heterocycles. The molecule has 0 saturated carbocycles. The van der Waals surface area contributed by atoms with Gasteiger partial charge in [0.2, 0.25) is 5.91 Å². The zero-order valence-electron chi connectivity index (χ0n) is 19.5. The molecule has 3 aromatic heterocycles. The van der Waals surface area contributed by atoms with Crippen molar-refractivity contribution < 1.29 is 22.7 Å². The van der Waals surface area contributed by atoms with E-state index < -0.39 is 11.7 Å². The fourth-order valence-electron chi connectivity index (χ4n) is 4.18. The van der Waals surface area contributed by atoms with Crippen LogP contribution in [-0.2, 0) is 17.4 Å². The second-order valence-electron chi connectivity index (χ2n) is 8.41. The first-order valence-electron chi connectivity index (χ1n) is 11.6. The molecule has 1 aromatic carbocycles. The minimum absolute atomic E-state index is 0.00560. The molecule has 188 valence electrons. The molecule has 1 aliphatic rings. The zero-order chi connectivity index (χ0) is 25.3. The lowest BCUT2D eigenvalue weighted by Crippen LogP contribution is -2.49. The van der Waals surface area contributed by atoms with Crippen molar-refractivity contribution in [1.29, 1.82) is 0 Å². The lowest BCUT2D eigenvalue weighted by molar-refractivity contribution is -0.137. The normalized spacial score (nSPS) is 14.4. The van der Waals surface area contributed by atoms with Gasteiger partial charge in [-0.15, -0.1) is 11.3 Å². The van der Waals surface area contributed by atoms with E-state index in [0.29, 0.717) is 38.6 Å². The Bertz CT molecular complexity index is 1340. The lowest BCUT2D eigenvalue weighted by atomic mass is 10.1. The van der Waals surface area contributed by atoms with Gasteiger partial charge in [0.05, 0.1) is 24.3 Å². The Labute approximate surface area is 209 Å². The summed E-state index contributed by atoms with van der Waals surface area (Å²) in [5.41, 5.74) is 1.90. The van der Waals surface area contributed by atoms with Gasteiger partial charge in [0.25, 0.3) is 0 Å². The molecule has 5 rings (SSSR count). The molecule has 36 heavy (non-hydrogen) atoms. The number of halogens is 3. The van der Waals surface area contributed by atoms with Gasteiger partial charge in [-0.1, -0.05) is 0 Å². The van der Waals surface area contributed by atoms with Crippen LogP contribution in [0.4, 0.5) is 19.0 Å². The number of imidazole rings is 1. The number of pyridine rings is 1. The minimum atomic E-state index is -4.41. The summed E-state index contributed by atoms with van der Waals surface area (Å²) in [7, 11) is 0. The van der Waals surface area contributed by atoms with Crippen LogP contribution in [0.5, 0.6) is 5.75 Å². The Kier molecular flexibility index (Phi) is 6.57. The summed E-state index contributed by atoms with van der Waals surface area (Å²) in [6.45, 7) is 4.53. The highest BCUT2D eigenvalue weighted by Crippen LogP contribution is 2.30. The van der Waals surface area contributed by atoms with Crippen molar-refractivity contribution in [3.8, 4) is 17.0 Å². The fourth-order valence-corrected chi connectivity index (χ4v) is 5.05. The van der Waals surface area contributed by atoms with Crippen molar-refractivity contribution in [2.24, 2.45) is 0 Å². The van der Waals surface area contributed by atoms with Gasteiger partial charge in [-0.2, -0.15) is 13.2 Å². The average molecular weight is 516 g/mol. The van der Waals surface area contributed by atoms with Crippen molar-refractivity contribution in [2.45, 2.75) is 19.5 Å². The Hall–Kier alpha value is -3.60. The van der Waals surface area contributed by atoms with Crippen LogP contribution in [0.2, 0.25) is 0 Å². The first-order valence-corrected chi connectivity index (χ1v) is 12.4. The smallest absolute Gasteiger partial charge is 0.417 e. The summed E-state index contributed by atoms with van der Waals surface area (Å²) in [5.74, 6) is 1.30. The number of rotatable bonds is 6. The molecule has 0 unspecified atom stereocenters. The summed E-state index contributed by atoms with van der Waals surface area (Å²) in [6, 6.07) is 10.2. The van der Waals surface area contributed by atoms with Gasteiger partial charge in [-0.3, -0.25) is 9.20 Å².